The Morgan fingerprint density at radius 3 is 2.71 bits per heavy atom. The second-order valence-corrected chi connectivity index (χ2v) is 8.75. The number of likely N-dealkylation sites (tertiary alicyclic amines) is 1. The lowest BCUT2D eigenvalue weighted by molar-refractivity contribution is -0.134. The molecule has 1 aromatic carbocycles. The Morgan fingerprint density at radius 2 is 2.04 bits per heavy atom. The van der Waals surface area contributed by atoms with E-state index in [1.54, 1.807) is 12.1 Å². The molecule has 1 aromatic rings. The van der Waals surface area contributed by atoms with Crippen molar-refractivity contribution >= 4 is 15.9 Å². The largest absolute Gasteiger partial charge is 0.342 e. The molecular weight excluding hydrogens is 331 g/mol. The number of carbonyl (C=O) groups is 1. The summed E-state index contributed by atoms with van der Waals surface area (Å²) in [6, 6.07) is 6.37. The number of carbonyl (C=O) groups excluding carboxylic acids is 1. The fraction of sp³-hybridized carbons (Fsp3) is 0.588. The van der Waals surface area contributed by atoms with E-state index in [9.17, 15) is 17.6 Å². The quantitative estimate of drug-likeness (QED) is 0.875. The summed E-state index contributed by atoms with van der Waals surface area (Å²) in [5.74, 6) is 0.220. The highest BCUT2D eigenvalue weighted by atomic mass is 32.2. The molecule has 0 unspecified atom stereocenters. The van der Waals surface area contributed by atoms with Gasteiger partial charge in [0.1, 0.15) is 5.82 Å². The first-order chi connectivity index (χ1) is 11.3. The second-order valence-electron chi connectivity index (χ2n) is 6.91. The molecule has 1 heterocycles. The SMILES string of the molecule is CS(=O)(=O)NC[C@@H]1CCCN(C(=O)[C@H]2C[C@@H]2c2ccc(F)cc2)C1. The van der Waals surface area contributed by atoms with Crippen LogP contribution in [-0.4, -0.2) is 45.1 Å². The van der Waals surface area contributed by atoms with E-state index in [1.807, 2.05) is 4.90 Å². The predicted molar refractivity (Wildman–Crippen MR) is 89.4 cm³/mol. The third-order valence-corrected chi connectivity index (χ3v) is 5.56. The fourth-order valence-electron chi connectivity index (χ4n) is 3.48. The molecule has 1 saturated carbocycles. The van der Waals surface area contributed by atoms with Crippen molar-refractivity contribution in [1.82, 2.24) is 9.62 Å². The van der Waals surface area contributed by atoms with Crippen molar-refractivity contribution < 1.29 is 17.6 Å². The van der Waals surface area contributed by atoms with Crippen LogP contribution in [0.5, 0.6) is 0 Å². The number of hydrogen-bond donors (Lipinski definition) is 1. The Hall–Kier alpha value is -1.47. The van der Waals surface area contributed by atoms with Gasteiger partial charge in [0.05, 0.1) is 6.26 Å². The molecule has 0 spiro atoms. The molecule has 24 heavy (non-hydrogen) atoms. The number of sulfonamides is 1. The van der Waals surface area contributed by atoms with Gasteiger partial charge in [-0.15, -0.1) is 0 Å². The normalized spacial score (nSPS) is 27.1. The minimum absolute atomic E-state index is 0.0166. The number of halogens is 1. The van der Waals surface area contributed by atoms with Crippen LogP contribution in [0.15, 0.2) is 24.3 Å². The number of nitrogens with zero attached hydrogens (tertiary/aromatic N) is 1. The van der Waals surface area contributed by atoms with Crippen molar-refractivity contribution in [3.8, 4) is 0 Å². The van der Waals surface area contributed by atoms with Crippen molar-refractivity contribution in [2.45, 2.75) is 25.2 Å². The van der Waals surface area contributed by atoms with E-state index in [0.717, 1.165) is 37.6 Å². The molecular formula is C17H23FN2O3S. The number of benzene rings is 1. The van der Waals surface area contributed by atoms with Crippen LogP contribution in [0.4, 0.5) is 4.39 Å². The summed E-state index contributed by atoms with van der Waals surface area (Å²) in [7, 11) is -3.20. The van der Waals surface area contributed by atoms with E-state index in [1.165, 1.54) is 12.1 Å². The second kappa shape index (κ2) is 6.80. The average molecular weight is 354 g/mol. The smallest absolute Gasteiger partial charge is 0.226 e. The van der Waals surface area contributed by atoms with Gasteiger partial charge in [-0.25, -0.2) is 17.5 Å². The maximum atomic E-state index is 13.0. The topological polar surface area (TPSA) is 66.5 Å². The predicted octanol–water partition coefficient (Wildman–Crippen LogP) is 1.72. The molecule has 3 rings (SSSR count). The molecule has 1 aliphatic carbocycles. The first kappa shape index (κ1) is 17.4. The highest BCUT2D eigenvalue weighted by Crippen LogP contribution is 2.48. The van der Waals surface area contributed by atoms with Crippen LogP contribution < -0.4 is 4.72 Å². The van der Waals surface area contributed by atoms with Crippen LogP contribution in [0.25, 0.3) is 0 Å². The average Bonchev–Trinajstić information content (AvgIpc) is 3.33. The van der Waals surface area contributed by atoms with Crippen molar-refractivity contribution in [1.29, 1.82) is 0 Å². The summed E-state index contributed by atoms with van der Waals surface area (Å²) >= 11 is 0. The van der Waals surface area contributed by atoms with Crippen LogP contribution in [-0.2, 0) is 14.8 Å². The highest BCUT2D eigenvalue weighted by molar-refractivity contribution is 7.88. The zero-order valence-corrected chi connectivity index (χ0v) is 14.6. The third kappa shape index (κ3) is 4.33. The van der Waals surface area contributed by atoms with Crippen LogP contribution in [0.1, 0.15) is 30.7 Å². The number of nitrogens with one attached hydrogen (secondary N) is 1. The molecule has 0 radical (unpaired) electrons. The van der Waals surface area contributed by atoms with Gasteiger partial charge in [0, 0.05) is 25.6 Å². The maximum Gasteiger partial charge on any atom is 0.226 e. The number of piperidine rings is 1. The van der Waals surface area contributed by atoms with Gasteiger partial charge >= 0.3 is 0 Å². The summed E-state index contributed by atoms with van der Waals surface area (Å²) in [4.78, 5) is 14.5. The lowest BCUT2D eigenvalue weighted by Gasteiger charge is -2.33. The summed E-state index contributed by atoms with van der Waals surface area (Å²) in [6.45, 7) is 1.73. The molecule has 7 heteroatoms. The zero-order chi connectivity index (χ0) is 17.3. The Morgan fingerprint density at radius 1 is 1.33 bits per heavy atom. The maximum absolute atomic E-state index is 13.0. The first-order valence-electron chi connectivity index (χ1n) is 8.32. The molecule has 2 aliphatic rings. The van der Waals surface area contributed by atoms with E-state index < -0.39 is 10.0 Å². The lowest BCUT2D eigenvalue weighted by atomic mass is 9.97. The Balaban J connectivity index is 1.55. The molecule has 1 N–H and O–H groups in total. The molecule has 5 nitrogen and oxygen atoms in total. The third-order valence-electron chi connectivity index (χ3n) is 4.87. The fourth-order valence-corrected chi connectivity index (χ4v) is 4.02. The van der Waals surface area contributed by atoms with Crippen LogP contribution in [0.2, 0.25) is 0 Å². The van der Waals surface area contributed by atoms with Crippen LogP contribution >= 0.6 is 0 Å². The van der Waals surface area contributed by atoms with Gasteiger partial charge in [-0.3, -0.25) is 4.79 Å². The van der Waals surface area contributed by atoms with E-state index in [-0.39, 0.29) is 29.5 Å². The van der Waals surface area contributed by atoms with Crippen molar-refractivity contribution in [2.75, 3.05) is 25.9 Å². The number of rotatable bonds is 5. The van der Waals surface area contributed by atoms with Crippen LogP contribution in [0, 0.1) is 17.7 Å². The monoisotopic (exact) mass is 354 g/mol. The molecule has 0 aromatic heterocycles. The summed E-state index contributed by atoms with van der Waals surface area (Å²) in [5, 5.41) is 0. The Kier molecular flexibility index (Phi) is 4.92. The molecule has 2 fully saturated rings. The minimum Gasteiger partial charge on any atom is -0.342 e. The van der Waals surface area contributed by atoms with Crippen molar-refractivity contribution in [2.24, 2.45) is 11.8 Å². The summed E-state index contributed by atoms with van der Waals surface area (Å²) in [5.41, 5.74) is 1.02. The molecule has 3 atom stereocenters. The van der Waals surface area contributed by atoms with E-state index in [0.29, 0.717) is 13.1 Å². The van der Waals surface area contributed by atoms with E-state index >= 15 is 0 Å². The van der Waals surface area contributed by atoms with Gasteiger partial charge in [-0.2, -0.15) is 0 Å². The number of amides is 1. The first-order valence-corrected chi connectivity index (χ1v) is 10.2. The van der Waals surface area contributed by atoms with Crippen molar-refractivity contribution in [3.05, 3.63) is 35.6 Å². The van der Waals surface area contributed by atoms with Gasteiger partial charge < -0.3 is 4.90 Å². The minimum atomic E-state index is -3.20. The highest BCUT2D eigenvalue weighted by Gasteiger charge is 2.46. The molecule has 1 amide bonds. The molecule has 132 valence electrons. The summed E-state index contributed by atoms with van der Waals surface area (Å²) in [6.07, 6.45) is 3.79. The van der Waals surface area contributed by atoms with Crippen LogP contribution in [0.3, 0.4) is 0 Å². The Labute approximate surface area is 142 Å². The zero-order valence-electron chi connectivity index (χ0n) is 13.7. The molecule has 0 bridgehead atoms. The molecule has 1 aliphatic heterocycles. The standard InChI is InChI=1S/C17H23FN2O3S/c1-24(22,23)19-10-12-3-2-8-20(11-12)17(21)16-9-15(16)13-4-6-14(18)7-5-13/h4-7,12,15-16,19H,2-3,8-11H2,1H3/t12-,15+,16-/m0/s1. The van der Waals surface area contributed by atoms with Gasteiger partial charge in [0.15, 0.2) is 0 Å². The van der Waals surface area contributed by atoms with E-state index in [2.05, 4.69) is 4.72 Å². The van der Waals surface area contributed by atoms with Gasteiger partial charge in [0.25, 0.3) is 0 Å². The Bertz CT molecular complexity index is 705. The van der Waals surface area contributed by atoms with Crippen molar-refractivity contribution in [3.63, 3.8) is 0 Å². The summed E-state index contributed by atoms with van der Waals surface area (Å²) < 4.78 is 38.0. The van der Waals surface area contributed by atoms with E-state index in [4.69, 9.17) is 0 Å². The van der Waals surface area contributed by atoms with Gasteiger partial charge in [-0.1, -0.05) is 12.1 Å². The number of hydrogen-bond acceptors (Lipinski definition) is 3. The lowest BCUT2D eigenvalue weighted by Crippen LogP contribution is -2.44. The molecule has 1 saturated heterocycles. The van der Waals surface area contributed by atoms with Gasteiger partial charge in [0.2, 0.25) is 15.9 Å². The van der Waals surface area contributed by atoms with Gasteiger partial charge in [-0.05, 0) is 48.8 Å².